The van der Waals surface area contributed by atoms with Crippen molar-refractivity contribution in [1.82, 2.24) is 0 Å². The molecule has 0 spiro atoms. The molecule has 0 saturated heterocycles. The number of carbonyl (C=O) groups is 1. The average molecular weight is 206 g/mol. The highest BCUT2D eigenvalue weighted by Crippen LogP contribution is 2.22. The Hall–Kier alpha value is -1.72. The molecular weight excluding hydrogens is 201 g/mol. The number of aliphatic carboxylic acids is 1. The Kier molecular flexibility index (Phi) is 2.64. The van der Waals surface area contributed by atoms with Gasteiger partial charge in [0.05, 0.1) is 0 Å². The molecule has 0 aliphatic rings. The van der Waals surface area contributed by atoms with Crippen molar-refractivity contribution in [3.05, 3.63) is 30.1 Å². The van der Waals surface area contributed by atoms with E-state index >= 15 is 0 Å². The first-order valence-electron chi connectivity index (χ1n) is 3.47. The molecule has 1 N–H and O–H groups in total. The molecule has 0 unspecified atom stereocenters. The van der Waals surface area contributed by atoms with Gasteiger partial charge in [-0.3, -0.25) is 0 Å². The van der Waals surface area contributed by atoms with Crippen molar-refractivity contribution in [2.24, 2.45) is 0 Å². The van der Waals surface area contributed by atoms with Gasteiger partial charge in [-0.2, -0.15) is 8.78 Å². The molecule has 0 radical (unpaired) electrons. The van der Waals surface area contributed by atoms with Crippen LogP contribution in [0.5, 0.6) is 5.75 Å². The van der Waals surface area contributed by atoms with Gasteiger partial charge in [0.1, 0.15) is 11.6 Å². The van der Waals surface area contributed by atoms with Crippen LogP contribution in [0.1, 0.15) is 0 Å². The van der Waals surface area contributed by atoms with Crippen LogP contribution < -0.4 is 4.74 Å². The van der Waals surface area contributed by atoms with E-state index in [-0.39, 0.29) is 0 Å². The van der Waals surface area contributed by atoms with E-state index in [1.165, 1.54) is 0 Å². The fraction of sp³-hybridized carbons (Fsp3) is 0.125. The lowest BCUT2D eigenvalue weighted by Crippen LogP contribution is -2.34. The van der Waals surface area contributed by atoms with E-state index in [1.807, 2.05) is 0 Å². The zero-order valence-electron chi connectivity index (χ0n) is 6.71. The molecule has 0 aromatic heterocycles. The second kappa shape index (κ2) is 3.57. The maximum absolute atomic E-state index is 12.5. The number of alkyl halides is 2. The van der Waals surface area contributed by atoms with Crippen molar-refractivity contribution in [2.75, 3.05) is 0 Å². The number of carboxylic acid groups (broad SMARTS) is 1. The van der Waals surface area contributed by atoms with Crippen LogP contribution in [0.15, 0.2) is 24.3 Å². The number of benzene rings is 1. The molecule has 0 fully saturated rings. The molecule has 1 rings (SSSR count). The molecule has 1 aromatic carbocycles. The molecule has 6 heteroatoms. The second-order valence-electron chi connectivity index (χ2n) is 2.38. The fourth-order valence-corrected chi connectivity index (χ4v) is 0.722. The summed E-state index contributed by atoms with van der Waals surface area (Å²) in [7, 11) is 0. The summed E-state index contributed by atoms with van der Waals surface area (Å²) < 4.78 is 41.1. The molecule has 0 saturated carbocycles. The number of carboxylic acids is 1. The smallest absolute Gasteiger partial charge is 0.474 e. The standard InChI is InChI=1S/C8H5F3O3/c9-5-2-1-3-6(4-5)14-8(10,11)7(12)13/h1-4H,(H,12,13). The van der Waals surface area contributed by atoms with Crippen molar-refractivity contribution >= 4 is 5.97 Å². The van der Waals surface area contributed by atoms with Crippen molar-refractivity contribution in [2.45, 2.75) is 6.11 Å². The van der Waals surface area contributed by atoms with Crippen LogP contribution in [-0.2, 0) is 4.79 Å². The maximum atomic E-state index is 12.5. The van der Waals surface area contributed by atoms with Crippen LogP contribution in [0, 0.1) is 5.82 Å². The highest BCUT2D eigenvalue weighted by Gasteiger charge is 2.42. The third kappa shape index (κ3) is 2.38. The maximum Gasteiger partial charge on any atom is 0.501 e. The van der Waals surface area contributed by atoms with Crippen molar-refractivity contribution < 1.29 is 27.8 Å². The fourth-order valence-electron chi connectivity index (χ4n) is 0.722. The largest absolute Gasteiger partial charge is 0.501 e. The molecule has 1 aromatic rings. The molecular formula is C8H5F3O3. The minimum Gasteiger partial charge on any atom is -0.474 e. The van der Waals surface area contributed by atoms with Gasteiger partial charge in [0.2, 0.25) is 0 Å². The monoisotopic (exact) mass is 206 g/mol. The Morgan fingerprint density at radius 3 is 2.57 bits per heavy atom. The van der Waals surface area contributed by atoms with Crippen molar-refractivity contribution in [1.29, 1.82) is 0 Å². The summed E-state index contributed by atoms with van der Waals surface area (Å²) >= 11 is 0. The summed E-state index contributed by atoms with van der Waals surface area (Å²) in [5.41, 5.74) is 0. The Morgan fingerprint density at radius 1 is 1.43 bits per heavy atom. The molecule has 0 aliphatic carbocycles. The van der Waals surface area contributed by atoms with Crippen LogP contribution in [0.25, 0.3) is 0 Å². The number of ether oxygens (including phenoxy) is 1. The van der Waals surface area contributed by atoms with Crippen LogP contribution in [0.3, 0.4) is 0 Å². The number of hydrogen-bond donors (Lipinski definition) is 1. The molecule has 0 aliphatic heterocycles. The lowest BCUT2D eigenvalue weighted by Gasteiger charge is -2.12. The van der Waals surface area contributed by atoms with Crippen molar-refractivity contribution in [3.8, 4) is 5.75 Å². The third-order valence-electron chi connectivity index (χ3n) is 1.29. The second-order valence-corrected chi connectivity index (χ2v) is 2.38. The summed E-state index contributed by atoms with van der Waals surface area (Å²) in [6, 6.07) is 3.84. The van der Waals surface area contributed by atoms with Gasteiger partial charge in [0, 0.05) is 6.07 Å². The van der Waals surface area contributed by atoms with E-state index in [4.69, 9.17) is 5.11 Å². The van der Waals surface area contributed by atoms with Gasteiger partial charge in [-0.25, -0.2) is 9.18 Å². The van der Waals surface area contributed by atoms with Gasteiger partial charge in [-0.05, 0) is 12.1 Å². The van der Waals surface area contributed by atoms with Gasteiger partial charge in [-0.15, -0.1) is 0 Å². The van der Waals surface area contributed by atoms with Gasteiger partial charge in [0.15, 0.2) is 0 Å². The highest BCUT2D eigenvalue weighted by molar-refractivity contribution is 5.73. The first kappa shape index (κ1) is 10.4. The zero-order valence-corrected chi connectivity index (χ0v) is 6.71. The SMILES string of the molecule is O=C(O)C(F)(F)Oc1cccc(F)c1. The van der Waals surface area contributed by atoms with Gasteiger partial charge in [0.25, 0.3) is 0 Å². The number of hydrogen-bond acceptors (Lipinski definition) is 2. The van der Waals surface area contributed by atoms with Gasteiger partial charge >= 0.3 is 12.1 Å². The summed E-state index contributed by atoms with van der Waals surface area (Å²) in [4.78, 5) is 9.94. The lowest BCUT2D eigenvalue weighted by molar-refractivity contribution is -0.210. The van der Waals surface area contributed by atoms with E-state index in [0.29, 0.717) is 6.07 Å². The quantitative estimate of drug-likeness (QED) is 0.821. The third-order valence-corrected chi connectivity index (χ3v) is 1.29. The minimum atomic E-state index is -4.35. The van der Waals surface area contributed by atoms with E-state index in [9.17, 15) is 18.0 Å². The normalized spacial score (nSPS) is 11.1. The van der Waals surface area contributed by atoms with Crippen LogP contribution >= 0.6 is 0 Å². The summed E-state index contributed by atoms with van der Waals surface area (Å²) in [5, 5.41) is 8.00. The lowest BCUT2D eigenvalue weighted by atomic mass is 10.3. The Bertz CT molecular complexity index is 351. The van der Waals surface area contributed by atoms with Gasteiger partial charge < -0.3 is 9.84 Å². The number of rotatable bonds is 3. The molecule has 0 atom stereocenters. The van der Waals surface area contributed by atoms with E-state index in [1.54, 1.807) is 0 Å². The molecule has 0 heterocycles. The Morgan fingerprint density at radius 2 is 2.07 bits per heavy atom. The first-order chi connectivity index (χ1) is 6.42. The van der Waals surface area contributed by atoms with Crippen LogP contribution in [-0.4, -0.2) is 17.2 Å². The molecule has 0 amide bonds. The van der Waals surface area contributed by atoms with Crippen LogP contribution in [0.4, 0.5) is 13.2 Å². The summed E-state index contributed by atoms with van der Waals surface area (Å²) in [6.45, 7) is 0. The Labute approximate surface area is 76.7 Å². The minimum absolute atomic E-state index is 0.544. The molecule has 0 bridgehead atoms. The van der Waals surface area contributed by atoms with E-state index in [2.05, 4.69) is 4.74 Å². The van der Waals surface area contributed by atoms with Gasteiger partial charge in [-0.1, -0.05) is 6.07 Å². The van der Waals surface area contributed by atoms with Crippen LogP contribution in [0.2, 0.25) is 0 Å². The average Bonchev–Trinajstić information content (AvgIpc) is 2.02. The number of halogens is 3. The topological polar surface area (TPSA) is 46.5 Å². The van der Waals surface area contributed by atoms with E-state index in [0.717, 1.165) is 18.2 Å². The highest BCUT2D eigenvalue weighted by atomic mass is 19.3. The predicted octanol–water partition coefficient (Wildman–Crippen LogP) is 1.88. The van der Waals surface area contributed by atoms with Crippen molar-refractivity contribution in [3.63, 3.8) is 0 Å². The van der Waals surface area contributed by atoms with E-state index < -0.39 is 23.6 Å². The molecule has 14 heavy (non-hydrogen) atoms. The molecule has 3 nitrogen and oxygen atoms in total. The Balaban J connectivity index is 2.83. The zero-order chi connectivity index (χ0) is 10.8. The summed E-state index contributed by atoms with van der Waals surface area (Å²) in [6.07, 6.45) is -4.35. The predicted molar refractivity (Wildman–Crippen MR) is 39.6 cm³/mol. The first-order valence-corrected chi connectivity index (χ1v) is 3.47. The summed E-state index contributed by atoms with van der Waals surface area (Å²) in [5.74, 6) is -3.76. The molecule has 76 valence electrons.